The van der Waals surface area contributed by atoms with Gasteiger partial charge in [0, 0.05) is 26.2 Å². The van der Waals surface area contributed by atoms with Crippen molar-refractivity contribution in [1.82, 2.24) is 14.5 Å². The molecule has 2 rings (SSSR count). The first-order chi connectivity index (χ1) is 16.1. The molecule has 1 N–H and O–H groups in total. The van der Waals surface area contributed by atoms with Crippen molar-refractivity contribution in [1.29, 1.82) is 0 Å². The van der Waals surface area contributed by atoms with Crippen LogP contribution in [0.5, 0.6) is 0 Å². The summed E-state index contributed by atoms with van der Waals surface area (Å²) in [5.74, 6) is -1.81. The Morgan fingerprint density at radius 2 is 1.69 bits per heavy atom. The summed E-state index contributed by atoms with van der Waals surface area (Å²) in [7, 11) is -1.61. The van der Waals surface area contributed by atoms with Crippen LogP contribution in [-0.4, -0.2) is 61.7 Å². The van der Waals surface area contributed by atoms with Gasteiger partial charge in [-0.3, -0.25) is 9.59 Å². The van der Waals surface area contributed by atoms with E-state index in [2.05, 4.69) is 5.32 Å². The summed E-state index contributed by atoms with van der Waals surface area (Å²) in [6.45, 7) is 8.38. The normalized spacial score (nSPS) is 12.8. The minimum absolute atomic E-state index is 0.0758. The molecule has 0 aliphatic rings. The highest BCUT2D eigenvalue weighted by Crippen LogP contribution is 2.24. The van der Waals surface area contributed by atoms with Gasteiger partial charge in [0.1, 0.15) is 18.4 Å². The highest BCUT2D eigenvalue weighted by molar-refractivity contribution is 7.90. The fourth-order valence-electron chi connectivity index (χ4n) is 3.42. The molecule has 0 spiro atoms. The second-order valence-corrected chi connectivity index (χ2v) is 11.7. The van der Waals surface area contributed by atoms with Crippen LogP contribution >= 0.6 is 0 Å². The first-order valence-electron chi connectivity index (χ1n) is 11.2. The zero-order valence-electron chi connectivity index (χ0n) is 21.4. The van der Waals surface area contributed by atoms with Crippen molar-refractivity contribution in [2.45, 2.75) is 52.7 Å². The Morgan fingerprint density at radius 3 is 2.23 bits per heavy atom. The summed E-state index contributed by atoms with van der Waals surface area (Å²) < 4.78 is 42.4. The van der Waals surface area contributed by atoms with Crippen molar-refractivity contribution in [3.05, 3.63) is 65.5 Å². The Bertz CT molecular complexity index is 1160. The number of rotatable bonds is 9. The molecular weight excluding hydrogens is 471 g/mol. The van der Waals surface area contributed by atoms with Crippen LogP contribution in [-0.2, 0) is 26.3 Å². The van der Waals surface area contributed by atoms with E-state index in [9.17, 15) is 22.4 Å². The molecule has 0 aromatic heterocycles. The lowest BCUT2D eigenvalue weighted by atomic mass is 10.1. The minimum Gasteiger partial charge on any atom is -0.350 e. The number of halogens is 1. The van der Waals surface area contributed by atoms with E-state index in [-0.39, 0.29) is 18.1 Å². The highest BCUT2D eigenvalue weighted by atomic mass is 32.2. The van der Waals surface area contributed by atoms with E-state index in [0.717, 1.165) is 25.8 Å². The van der Waals surface area contributed by atoms with E-state index in [4.69, 9.17) is 0 Å². The number of para-hydroxylation sites is 1. The van der Waals surface area contributed by atoms with Gasteiger partial charge in [-0.05, 0) is 52.3 Å². The lowest BCUT2D eigenvalue weighted by Gasteiger charge is -2.34. The largest absolute Gasteiger partial charge is 0.350 e. The maximum atomic E-state index is 14.6. The maximum Gasteiger partial charge on any atom is 0.304 e. The van der Waals surface area contributed by atoms with Gasteiger partial charge in [0.2, 0.25) is 11.8 Å². The van der Waals surface area contributed by atoms with Gasteiger partial charge in [0.05, 0.1) is 5.69 Å². The number of hydrogen-bond donors (Lipinski definition) is 1. The zero-order valence-corrected chi connectivity index (χ0v) is 22.2. The standard InChI is InChI=1S/C25H35FN4O4S/c1-18-11-10-12-20(15-18)16-29(19(2)24(32)27-25(3,4)5)23(31)17-30(35(33,34)28(6)7)22-14-9-8-13-21(22)26/h8-15,19H,16-17H2,1-7H3,(H,27,32)/t19-/m0/s1. The van der Waals surface area contributed by atoms with Gasteiger partial charge >= 0.3 is 10.2 Å². The fourth-order valence-corrected chi connectivity index (χ4v) is 4.48. The quantitative estimate of drug-likeness (QED) is 0.566. The van der Waals surface area contributed by atoms with Crippen molar-refractivity contribution < 1.29 is 22.4 Å². The predicted molar refractivity (Wildman–Crippen MR) is 135 cm³/mol. The molecule has 0 radical (unpaired) electrons. The molecule has 0 unspecified atom stereocenters. The monoisotopic (exact) mass is 506 g/mol. The van der Waals surface area contributed by atoms with Gasteiger partial charge in [-0.1, -0.05) is 42.0 Å². The van der Waals surface area contributed by atoms with Crippen molar-refractivity contribution in [3.8, 4) is 0 Å². The Balaban J connectivity index is 2.49. The number of amides is 2. The second-order valence-electron chi connectivity index (χ2n) is 9.67. The summed E-state index contributed by atoms with van der Waals surface area (Å²) in [6, 6.07) is 11.9. The number of carbonyl (C=O) groups excluding carboxylic acids is 2. The van der Waals surface area contributed by atoms with Crippen molar-refractivity contribution in [2.75, 3.05) is 24.9 Å². The Morgan fingerprint density at radius 1 is 1.06 bits per heavy atom. The van der Waals surface area contributed by atoms with Crippen LogP contribution in [0.3, 0.4) is 0 Å². The molecule has 0 bridgehead atoms. The van der Waals surface area contributed by atoms with Crippen LogP contribution in [0.25, 0.3) is 0 Å². The molecule has 0 aliphatic heterocycles. The van der Waals surface area contributed by atoms with E-state index in [1.807, 2.05) is 52.0 Å². The molecule has 2 amide bonds. The van der Waals surface area contributed by atoms with Gasteiger partial charge in [0.25, 0.3) is 0 Å². The average molecular weight is 507 g/mol. The highest BCUT2D eigenvalue weighted by Gasteiger charge is 2.34. The Kier molecular flexibility index (Phi) is 9.02. The molecule has 0 heterocycles. The Hall–Kier alpha value is -2.98. The fraction of sp³-hybridized carbons (Fsp3) is 0.440. The molecule has 35 heavy (non-hydrogen) atoms. The first kappa shape index (κ1) is 28.3. The second kappa shape index (κ2) is 11.2. The van der Waals surface area contributed by atoms with Gasteiger partial charge in [0.15, 0.2) is 0 Å². The summed E-state index contributed by atoms with van der Waals surface area (Å²) in [5.41, 5.74) is 0.972. The van der Waals surface area contributed by atoms with E-state index in [1.54, 1.807) is 6.92 Å². The molecule has 0 saturated carbocycles. The van der Waals surface area contributed by atoms with Crippen molar-refractivity contribution in [2.24, 2.45) is 0 Å². The molecule has 1 atom stereocenters. The summed E-state index contributed by atoms with van der Waals surface area (Å²) in [5, 5.41) is 2.86. The van der Waals surface area contributed by atoms with Gasteiger partial charge < -0.3 is 10.2 Å². The molecule has 10 heteroatoms. The number of nitrogens with one attached hydrogen (secondary N) is 1. The van der Waals surface area contributed by atoms with Crippen LogP contribution < -0.4 is 9.62 Å². The van der Waals surface area contributed by atoms with E-state index >= 15 is 0 Å². The lowest BCUT2D eigenvalue weighted by Crippen LogP contribution is -2.55. The molecule has 8 nitrogen and oxygen atoms in total. The number of hydrogen-bond acceptors (Lipinski definition) is 4. The van der Waals surface area contributed by atoms with Crippen LogP contribution in [0.1, 0.15) is 38.8 Å². The molecular formula is C25H35FN4O4S. The topological polar surface area (TPSA) is 90.0 Å². The number of nitrogens with zero attached hydrogens (tertiary/aromatic N) is 3. The molecule has 192 valence electrons. The number of anilines is 1. The average Bonchev–Trinajstić information content (AvgIpc) is 2.74. The summed E-state index contributed by atoms with van der Waals surface area (Å²) >= 11 is 0. The molecule has 0 aliphatic carbocycles. The van der Waals surface area contributed by atoms with Crippen molar-refractivity contribution in [3.63, 3.8) is 0 Å². The van der Waals surface area contributed by atoms with Crippen LogP contribution in [0.2, 0.25) is 0 Å². The molecule has 0 saturated heterocycles. The summed E-state index contributed by atoms with van der Waals surface area (Å²) in [4.78, 5) is 27.9. The van der Waals surface area contributed by atoms with E-state index in [1.165, 1.54) is 37.2 Å². The third-order valence-corrected chi connectivity index (χ3v) is 7.05. The molecule has 2 aromatic carbocycles. The maximum absolute atomic E-state index is 14.6. The third kappa shape index (κ3) is 7.50. The predicted octanol–water partition coefficient (Wildman–Crippen LogP) is 3.08. The first-order valence-corrected chi connectivity index (χ1v) is 12.6. The smallest absolute Gasteiger partial charge is 0.304 e. The third-order valence-electron chi connectivity index (χ3n) is 5.24. The zero-order chi connectivity index (χ0) is 26.6. The Labute approximate surface area is 207 Å². The van der Waals surface area contributed by atoms with Gasteiger partial charge in [-0.15, -0.1) is 0 Å². The minimum atomic E-state index is -4.22. The van der Waals surface area contributed by atoms with Gasteiger partial charge in [-0.25, -0.2) is 8.70 Å². The van der Waals surface area contributed by atoms with E-state index in [0.29, 0.717) is 0 Å². The summed E-state index contributed by atoms with van der Waals surface area (Å²) in [6.07, 6.45) is 0. The lowest BCUT2D eigenvalue weighted by molar-refractivity contribution is -0.140. The molecule has 0 fully saturated rings. The van der Waals surface area contributed by atoms with Crippen LogP contribution in [0.4, 0.5) is 10.1 Å². The molecule has 2 aromatic rings. The van der Waals surface area contributed by atoms with E-state index < -0.39 is 40.1 Å². The SMILES string of the molecule is Cc1cccc(CN(C(=O)CN(c2ccccc2F)S(=O)(=O)N(C)C)[C@@H](C)C(=O)NC(C)(C)C)c1. The number of aryl methyl sites for hydroxylation is 1. The van der Waals surface area contributed by atoms with Crippen LogP contribution in [0.15, 0.2) is 48.5 Å². The van der Waals surface area contributed by atoms with Crippen LogP contribution in [0, 0.1) is 12.7 Å². The number of carbonyl (C=O) groups is 2. The van der Waals surface area contributed by atoms with Gasteiger partial charge in [-0.2, -0.15) is 12.7 Å². The van der Waals surface area contributed by atoms with Crippen molar-refractivity contribution >= 4 is 27.7 Å². The number of benzene rings is 2.